The van der Waals surface area contributed by atoms with Crippen LogP contribution in [0.4, 0.5) is 0 Å². The minimum Gasteiger partial charge on any atom is -0.388 e. The highest BCUT2D eigenvalue weighted by Gasteiger charge is 2.06. The van der Waals surface area contributed by atoms with Gasteiger partial charge in [-0.2, -0.15) is 0 Å². The Morgan fingerprint density at radius 2 is 2.31 bits per heavy atom. The minimum atomic E-state index is -0.464. The van der Waals surface area contributed by atoms with Crippen LogP contribution >= 0.6 is 11.6 Å². The summed E-state index contributed by atoms with van der Waals surface area (Å²) in [5.74, 6) is 0. The van der Waals surface area contributed by atoms with Gasteiger partial charge in [0.05, 0.1) is 6.10 Å². The van der Waals surface area contributed by atoms with Crippen LogP contribution in [0.3, 0.4) is 0 Å². The summed E-state index contributed by atoms with van der Waals surface area (Å²) < 4.78 is 0. The van der Waals surface area contributed by atoms with Crippen molar-refractivity contribution in [1.82, 2.24) is 0 Å². The van der Waals surface area contributed by atoms with Crippen LogP contribution in [0.2, 0.25) is 5.02 Å². The number of aliphatic hydroxyl groups is 1. The molecule has 1 nitrogen and oxygen atoms in total. The van der Waals surface area contributed by atoms with Crippen molar-refractivity contribution < 1.29 is 5.11 Å². The molecule has 0 radical (unpaired) electrons. The average Bonchev–Trinajstić information content (AvgIpc) is 2.10. The second-order valence-electron chi connectivity index (χ2n) is 3.05. The Hall–Kier alpha value is -0.790. The van der Waals surface area contributed by atoms with Gasteiger partial charge in [-0.25, -0.2) is 0 Å². The first kappa shape index (κ1) is 10.3. The van der Waals surface area contributed by atoms with Crippen molar-refractivity contribution >= 4 is 11.6 Å². The van der Waals surface area contributed by atoms with Gasteiger partial charge < -0.3 is 5.11 Å². The zero-order valence-corrected chi connectivity index (χ0v) is 8.38. The Bertz CT molecular complexity index is 307. The van der Waals surface area contributed by atoms with Crippen LogP contribution in [0.5, 0.6) is 0 Å². The van der Waals surface area contributed by atoms with E-state index >= 15 is 0 Å². The molecule has 0 amide bonds. The summed E-state index contributed by atoms with van der Waals surface area (Å²) in [5, 5.41) is 10.4. The molecule has 1 N–H and O–H groups in total. The fraction of sp³-hybridized carbons (Fsp3) is 0.273. The van der Waals surface area contributed by atoms with Crippen LogP contribution in [0.1, 0.15) is 23.7 Å². The number of hydrogen-bond acceptors (Lipinski definition) is 1. The molecule has 0 aliphatic heterocycles. The van der Waals surface area contributed by atoms with E-state index in [0.717, 1.165) is 16.1 Å². The molecule has 0 aliphatic carbocycles. The fourth-order valence-electron chi connectivity index (χ4n) is 1.17. The summed E-state index contributed by atoms with van der Waals surface area (Å²) in [5.41, 5.74) is 1.88. The lowest BCUT2D eigenvalue weighted by molar-refractivity contribution is 0.181. The molecule has 0 aromatic heterocycles. The highest BCUT2D eigenvalue weighted by atomic mass is 35.5. The molecule has 0 spiro atoms. The zero-order chi connectivity index (χ0) is 9.84. The van der Waals surface area contributed by atoms with Gasteiger partial charge in [-0.3, -0.25) is 0 Å². The molecule has 0 saturated carbocycles. The Labute approximate surface area is 83.7 Å². The van der Waals surface area contributed by atoms with Crippen molar-refractivity contribution in [2.24, 2.45) is 0 Å². The molecule has 0 aliphatic rings. The van der Waals surface area contributed by atoms with E-state index in [-0.39, 0.29) is 0 Å². The predicted octanol–water partition coefficient (Wildman–Crippen LogP) is 3.26. The number of hydrogen-bond donors (Lipinski definition) is 1. The van der Waals surface area contributed by atoms with Crippen LogP contribution in [-0.4, -0.2) is 5.11 Å². The maximum Gasteiger partial charge on any atom is 0.0824 e. The molecule has 2 heteroatoms. The van der Waals surface area contributed by atoms with Crippen LogP contribution < -0.4 is 0 Å². The van der Waals surface area contributed by atoms with E-state index in [1.54, 1.807) is 12.1 Å². The second-order valence-corrected chi connectivity index (χ2v) is 3.46. The van der Waals surface area contributed by atoms with E-state index < -0.39 is 6.10 Å². The van der Waals surface area contributed by atoms with Crippen LogP contribution in [0.25, 0.3) is 0 Å². The smallest absolute Gasteiger partial charge is 0.0824 e. The fourth-order valence-corrected chi connectivity index (χ4v) is 1.29. The third-order valence-corrected chi connectivity index (χ3v) is 2.38. The topological polar surface area (TPSA) is 20.2 Å². The largest absolute Gasteiger partial charge is 0.388 e. The Kier molecular flexibility index (Phi) is 3.52. The molecule has 0 saturated heterocycles. The normalized spacial score (nSPS) is 12.5. The van der Waals surface area contributed by atoms with Gasteiger partial charge in [0.25, 0.3) is 0 Å². The summed E-state index contributed by atoms with van der Waals surface area (Å²) in [4.78, 5) is 0. The molecule has 0 bridgehead atoms. The third kappa shape index (κ3) is 2.58. The van der Waals surface area contributed by atoms with Gasteiger partial charge in [-0.1, -0.05) is 29.8 Å². The van der Waals surface area contributed by atoms with Crippen molar-refractivity contribution in [2.45, 2.75) is 19.4 Å². The van der Waals surface area contributed by atoms with Gasteiger partial charge in [0.1, 0.15) is 0 Å². The molecule has 1 atom stereocenters. The van der Waals surface area contributed by atoms with Gasteiger partial charge in [-0.15, -0.1) is 6.58 Å². The molecular weight excluding hydrogens is 184 g/mol. The number of halogens is 1. The number of rotatable bonds is 3. The SMILES string of the molecule is C=CCC(O)c1ccc(Cl)c(C)c1. The summed E-state index contributed by atoms with van der Waals surface area (Å²) in [6.45, 7) is 5.50. The minimum absolute atomic E-state index is 0.464. The first-order valence-electron chi connectivity index (χ1n) is 4.20. The van der Waals surface area contributed by atoms with E-state index in [9.17, 15) is 5.11 Å². The molecule has 1 rings (SSSR count). The van der Waals surface area contributed by atoms with E-state index in [1.807, 2.05) is 19.1 Å². The lowest BCUT2D eigenvalue weighted by Gasteiger charge is -2.09. The lowest BCUT2D eigenvalue weighted by Crippen LogP contribution is -1.95. The monoisotopic (exact) mass is 196 g/mol. The molecule has 13 heavy (non-hydrogen) atoms. The predicted molar refractivity (Wildman–Crippen MR) is 56.0 cm³/mol. The van der Waals surface area contributed by atoms with E-state index in [4.69, 9.17) is 11.6 Å². The Morgan fingerprint density at radius 1 is 1.62 bits per heavy atom. The van der Waals surface area contributed by atoms with Crippen molar-refractivity contribution in [3.8, 4) is 0 Å². The van der Waals surface area contributed by atoms with Crippen LogP contribution in [-0.2, 0) is 0 Å². The van der Waals surface area contributed by atoms with E-state index in [1.165, 1.54) is 0 Å². The molecule has 1 aromatic rings. The van der Waals surface area contributed by atoms with E-state index in [2.05, 4.69) is 6.58 Å². The molecular formula is C11H13ClO. The molecule has 1 aromatic carbocycles. The van der Waals surface area contributed by atoms with Gasteiger partial charge in [0.2, 0.25) is 0 Å². The summed E-state index contributed by atoms with van der Waals surface area (Å²) in [6.07, 6.45) is 1.81. The Morgan fingerprint density at radius 3 is 2.85 bits per heavy atom. The standard InChI is InChI=1S/C11H13ClO/c1-3-4-11(13)9-5-6-10(12)8(2)7-9/h3,5-7,11,13H,1,4H2,2H3. The number of benzene rings is 1. The highest BCUT2D eigenvalue weighted by Crippen LogP contribution is 2.22. The average molecular weight is 197 g/mol. The van der Waals surface area contributed by atoms with E-state index in [0.29, 0.717) is 6.42 Å². The molecule has 1 unspecified atom stereocenters. The molecule has 70 valence electrons. The van der Waals surface area contributed by atoms with Gasteiger partial charge in [0, 0.05) is 5.02 Å². The van der Waals surface area contributed by atoms with Gasteiger partial charge in [-0.05, 0) is 30.5 Å². The molecule has 0 fully saturated rings. The van der Waals surface area contributed by atoms with Crippen molar-refractivity contribution in [2.75, 3.05) is 0 Å². The lowest BCUT2D eigenvalue weighted by atomic mass is 10.0. The quantitative estimate of drug-likeness (QED) is 0.736. The van der Waals surface area contributed by atoms with Crippen molar-refractivity contribution in [3.05, 3.63) is 47.0 Å². The summed E-state index contributed by atoms with van der Waals surface area (Å²) in [7, 11) is 0. The third-order valence-electron chi connectivity index (χ3n) is 1.96. The first-order valence-corrected chi connectivity index (χ1v) is 4.58. The molecule has 0 heterocycles. The van der Waals surface area contributed by atoms with Gasteiger partial charge in [0.15, 0.2) is 0 Å². The maximum atomic E-state index is 9.62. The van der Waals surface area contributed by atoms with Gasteiger partial charge >= 0.3 is 0 Å². The first-order chi connectivity index (χ1) is 6.15. The maximum absolute atomic E-state index is 9.62. The van der Waals surface area contributed by atoms with Crippen LogP contribution in [0, 0.1) is 6.92 Å². The highest BCUT2D eigenvalue weighted by molar-refractivity contribution is 6.31. The number of aryl methyl sites for hydroxylation is 1. The number of aliphatic hydroxyl groups excluding tert-OH is 1. The van der Waals surface area contributed by atoms with Crippen molar-refractivity contribution in [3.63, 3.8) is 0 Å². The van der Waals surface area contributed by atoms with Crippen molar-refractivity contribution in [1.29, 1.82) is 0 Å². The Balaban J connectivity index is 2.89. The summed E-state index contributed by atoms with van der Waals surface area (Å²) >= 11 is 5.86. The second kappa shape index (κ2) is 4.45. The van der Waals surface area contributed by atoms with Crippen LogP contribution in [0.15, 0.2) is 30.9 Å². The zero-order valence-electron chi connectivity index (χ0n) is 7.63. The summed E-state index contributed by atoms with van der Waals surface area (Å²) in [6, 6.07) is 5.54.